The van der Waals surface area contributed by atoms with E-state index in [1.54, 1.807) is 6.20 Å². The van der Waals surface area contributed by atoms with Gasteiger partial charge in [-0.25, -0.2) is 0 Å². The Balaban J connectivity index is 1.89. The fraction of sp³-hybridized carbons (Fsp3) is 0.400. The topological polar surface area (TPSA) is 38.5 Å². The summed E-state index contributed by atoms with van der Waals surface area (Å²) in [5.41, 5.74) is 1.11. The van der Waals surface area contributed by atoms with E-state index in [1.165, 1.54) is 0 Å². The molecule has 0 unspecified atom stereocenters. The van der Waals surface area contributed by atoms with E-state index >= 15 is 0 Å². The Labute approximate surface area is 93.6 Å². The third-order valence-electron chi connectivity index (χ3n) is 2.26. The van der Waals surface area contributed by atoms with Crippen molar-refractivity contribution in [2.75, 3.05) is 0 Å². The lowest BCUT2D eigenvalue weighted by Gasteiger charge is -2.02. The minimum atomic E-state index is 0.799. The number of hydrogen-bond acceptors (Lipinski definition) is 2. The van der Waals surface area contributed by atoms with Gasteiger partial charge in [-0.3, -0.25) is 4.68 Å². The second-order valence-electron chi connectivity index (χ2n) is 3.56. The molecule has 2 aromatic heterocycles. The monoisotopic (exact) mass is 222 g/mol. The van der Waals surface area contributed by atoms with Crippen LogP contribution in [0.5, 0.6) is 0 Å². The molecule has 0 aliphatic rings. The average Bonchev–Trinajstić information content (AvgIpc) is 2.77. The van der Waals surface area contributed by atoms with E-state index in [2.05, 4.69) is 14.6 Å². The molecule has 0 spiro atoms. The molecule has 0 aliphatic carbocycles. The highest BCUT2D eigenvalue weighted by Crippen LogP contribution is 2.00. The quantitative estimate of drug-likeness (QED) is 0.805. The lowest BCUT2D eigenvalue weighted by molar-refractivity contribution is 0.524. The molecule has 0 aliphatic heterocycles. The van der Waals surface area contributed by atoms with Gasteiger partial charge in [0.05, 0.1) is 0 Å². The summed E-state index contributed by atoms with van der Waals surface area (Å²) in [5, 5.41) is 4.15. The van der Waals surface area contributed by atoms with E-state index in [1.807, 2.05) is 30.1 Å². The fourth-order valence-electron chi connectivity index (χ4n) is 1.57. The zero-order valence-electron chi connectivity index (χ0n) is 8.68. The van der Waals surface area contributed by atoms with Crippen LogP contribution < -0.4 is 0 Å². The van der Waals surface area contributed by atoms with E-state index in [-0.39, 0.29) is 0 Å². The van der Waals surface area contributed by atoms with Gasteiger partial charge in [-0.1, -0.05) is 0 Å². The van der Waals surface area contributed by atoms with E-state index < -0.39 is 0 Å². The van der Waals surface area contributed by atoms with Gasteiger partial charge in [0.2, 0.25) is 0 Å². The Morgan fingerprint density at radius 3 is 2.93 bits per heavy atom. The summed E-state index contributed by atoms with van der Waals surface area (Å²) in [5.74, 6) is 0. The molecule has 4 nitrogen and oxygen atoms in total. The van der Waals surface area contributed by atoms with Crippen LogP contribution in [0.25, 0.3) is 0 Å². The van der Waals surface area contributed by atoms with Crippen LogP contribution in [0.1, 0.15) is 12.1 Å². The largest absolute Gasteiger partial charge is 0.335 e. The molecule has 2 rings (SSSR count). The first-order chi connectivity index (χ1) is 7.25. The van der Waals surface area contributed by atoms with Crippen molar-refractivity contribution in [2.45, 2.75) is 26.4 Å². The smallest absolute Gasteiger partial charge is 0.177 e. The molecule has 0 amide bonds. The van der Waals surface area contributed by atoms with Crippen LogP contribution in [0.3, 0.4) is 0 Å². The number of nitrogens with zero attached hydrogens (tertiary/aromatic N) is 3. The maximum absolute atomic E-state index is 5.17. The number of nitrogens with one attached hydrogen (secondary N) is 1. The SMILES string of the molecule is Cc1cn(CCCn2cccn2)c(=S)[nH]1. The predicted octanol–water partition coefficient (Wildman–Crippen LogP) is 2.14. The normalized spacial score (nSPS) is 10.7. The van der Waals surface area contributed by atoms with Crippen LogP contribution in [0.15, 0.2) is 24.7 Å². The van der Waals surface area contributed by atoms with Gasteiger partial charge in [-0.05, 0) is 31.6 Å². The molecule has 2 heterocycles. The number of aryl methyl sites for hydroxylation is 3. The molecular formula is C10H14N4S. The van der Waals surface area contributed by atoms with Gasteiger partial charge in [-0.15, -0.1) is 0 Å². The minimum absolute atomic E-state index is 0.799. The molecule has 0 radical (unpaired) electrons. The Hall–Kier alpha value is -1.36. The lowest BCUT2D eigenvalue weighted by atomic mass is 10.4. The number of hydrogen-bond donors (Lipinski definition) is 1. The molecule has 0 fully saturated rings. The van der Waals surface area contributed by atoms with Gasteiger partial charge < -0.3 is 9.55 Å². The van der Waals surface area contributed by atoms with Crippen LogP contribution in [0.2, 0.25) is 0 Å². The highest BCUT2D eigenvalue weighted by Gasteiger charge is 1.96. The van der Waals surface area contributed by atoms with Crippen molar-refractivity contribution < 1.29 is 0 Å². The van der Waals surface area contributed by atoms with Crippen molar-refractivity contribution in [1.82, 2.24) is 19.3 Å². The predicted molar refractivity (Wildman–Crippen MR) is 61.2 cm³/mol. The Morgan fingerprint density at radius 2 is 2.33 bits per heavy atom. The van der Waals surface area contributed by atoms with E-state index in [0.29, 0.717) is 0 Å². The second kappa shape index (κ2) is 4.44. The summed E-state index contributed by atoms with van der Waals surface area (Å²) in [6, 6.07) is 1.94. The van der Waals surface area contributed by atoms with Crippen LogP contribution >= 0.6 is 12.2 Å². The van der Waals surface area contributed by atoms with E-state index in [0.717, 1.165) is 30.0 Å². The fourth-order valence-corrected chi connectivity index (χ4v) is 1.87. The molecule has 80 valence electrons. The van der Waals surface area contributed by atoms with Gasteiger partial charge in [0.1, 0.15) is 0 Å². The van der Waals surface area contributed by atoms with Gasteiger partial charge >= 0.3 is 0 Å². The van der Waals surface area contributed by atoms with Gasteiger partial charge in [-0.2, -0.15) is 5.10 Å². The zero-order valence-corrected chi connectivity index (χ0v) is 9.50. The minimum Gasteiger partial charge on any atom is -0.335 e. The summed E-state index contributed by atoms with van der Waals surface area (Å²) in [4.78, 5) is 3.11. The highest BCUT2D eigenvalue weighted by atomic mass is 32.1. The van der Waals surface area contributed by atoms with Crippen LogP contribution in [-0.2, 0) is 13.1 Å². The van der Waals surface area contributed by atoms with E-state index in [4.69, 9.17) is 12.2 Å². The molecule has 5 heteroatoms. The van der Waals surface area contributed by atoms with Crippen LogP contribution in [0.4, 0.5) is 0 Å². The number of rotatable bonds is 4. The molecule has 0 saturated heterocycles. The first kappa shape index (κ1) is 10.2. The van der Waals surface area contributed by atoms with Gasteiger partial charge in [0, 0.05) is 37.4 Å². The molecule has 1 N–H and O–H groups in total. The molecule has 0 aromatic carbocycles. The van der Waals surface area contributed by atoms with Crippen LogP contribution in [0, 0.1) is 11.7 Å². The highest BCUT2D eigenvalue weighted by molar-refractivity contribution is 7.71. The van der Waals surface area contributed by atoms with Crippen LogP contribution in [-0.4, -0.2) is 19.3 Å². The Bertz CT molecular complexity index is 466. The lowest BCUT2D eigenvalue weighted by Crippen LogP contribution is -2.03. The third kappa shape index (κ3) is 2.56. The van der Waals surface area contributed by atoms with Crippen molar-refractivity contribution in [3.63, 3.8) is 0 Å². The standard InChI is InChI=1S/C10H14N4S/c1-9-8-13(10(15)12-9)5-3-7-14-6-2-4-11-14/h2,4,6,8H,3,5,7H2,1H3,(H,12,15). The number of aromatic amines is 1. The molecule has 0 bridgehead atoms. The first-order valence-corrected chi connectivity index (χ1v) is 5.40. The second-order valence-corrected chi connectivity index (χ2v) is 3.95. The number of H-pyrrole nitrogens is 1. The Kier molecular flexibility index (Phi) is 3.01. The number of imidazole rings is 1. The molecule has 15 heavy (non-hydrogen) atoms. The van der Waals surface area contributed by atoms with Gasteiger partial charge in [0.15, 0.2) is 4.77 Å². The van der Waals surface area contributed by atoms with Crippen molar-refractivity contribution in [3.05, 3.63) is 35.1 Å². The summed E-state index contributed by atoms with van der Waals surface area (Å²) in [6.07, 6.45) is 6.85. The average molecular weight is 222 g/mol. The molecule has 2 aromatic rings. The summed E-state index contributed by atoms with van der Waals surface area (Å²) in [6.45, 7) is 3.88. The van der Waals surface area contributed by atoms with Crippen molar-refractivity contribution >= 4 is 12.2 Å². The maximum Gasteiger partial charge on any atom is 0.177 e. The third-order valence-corrected chi connectivity index (χ3v) is 2.60. The molecular weight excluding hydrogens is 208 g/mol. The van der Waals surface area contributed by atoms with Crippen molar-refractivity contribution in [2.24, 2.45) is 0 Å². The van der Waals surface area contributed by atoms with Crippen molar-refractivity contribution in [1.29, 1.82) is 0 Å². The molecule has 0 atom stereocenters. The zero-order chi connectivity index (χ0) is 10.7. The summed E-state index contributed by atoms with van der Waals surface area (Å²) < 4.78 is 4.80. The summed E-state index contributed by atoms with van der Waals surface area (Å²) in [7, 11) is 0. The number of aromatic nitrogens is 4. The maximum atomic E-state index is 5.17. The Morgan fingerprint density at radius 1 is 1.47 bits per heavy atom. The summed E-state index contributed by atoms with van der Waals surface area (Å²) >= 11 is 5.17. The molecule has 0 saturated carbocycles. The van der Waals surface area contributed by atoms with Gasteiger partial charge in [0.25, 0.3) is 0 Å². The first-order valence-electron chi connectivity index (χ1n) is 4.99. The van der Waals surface area contributed by atoms with Crippen molar-refractivity contribution in [3.8, 4) is 0 Å². The van der Waals surface area contributed by atoms with E-state index in [9.17, 15) is 0 Å².